The van der Waals surface area contributed by atoms with Gasteiger partial charge in [-0.2, -0.15) is 9.90 Å². The maximum atomic E-state index is 12.9. The van der Waals surface area contributed by atoms with Crippen LogP contribution in [0, 0.1) is 6.92 Å². The molecule has 0 aliphatic rings. The van der Waals surface area contributed by atoms with Gasteiger partial charge in [0.25, 0.3) is 5.91 Å². The Morgan fingerprint density at radius 1 is 1.31 bits per heavy atom. The number of nitrogens with zero attached hydrogens (tertiary/aromatic N) is 5. The molecule has 0 radical (unpaired) electrons. The first-order valence-corrected chi connectivity index (χ1v) is 9.73. The molecule has 166 valence electrons. The average Bonchev–Trinajstić information content (AvgIpc) is 3.48. The Morgan fingerprint density at radius 3 is 2.84 bits per heavy atom. The summed E-state index contributed by atoms with van der Waals surface area (Å²) >= 11 is 0. The van der Waals surface area contributed by atoms with Crippen molar-refractivity contribution in [2.24, 2.45) is 0 Å². The molecule has 0 saturated carbocycles. The van der Waals surface area contributed by atoms with Gasteiger partial charge in [0, 0.05) is 12.5 Å². The highest BCUT2D eigenvalue weighted by Gasteiger charge is 2.23. The number of hydrogen-bond donors (Lipinski definition) is 2. The summed E-state index contributed by atoms with van der Waals surface area (Å²) in [4.78, 5) is 22.6. The molecule has 3 heterocycles. The molecule has 0 unspecified atom stereocenters. The minimum atomic E-state index is -1.12. The van der Waals surface area contributed by atoms with E-state index in [9.17, 15) is 9.90 Å². The van der Waals surface area contributed by atoms with Crippen molar-refractivity contribution in [3.8, 4) is 17.1 Å². The van der Waals surface area contributed by atoms with E-state index in [0.717, 1.165) is 0 Å². The highest BCUT2D eigenvalue weighted by Crippen LogP contribution is 2.28. The van der Waals surface area contributed by atoms with E-state index in [1.165, 1.54) is 17.3 Å². The maximum absolute atomic E-state index is 12.9. The second-order valence-corrected chi connectivity index (χ2v) is 7.54. The van der Waals surface area contributed by atoms with Gasteiger partial charge < -0.3 is 24.0 Å². The molecule has 0 aliphatic carbocycles. The molecular weight excluding hydrogens is 416 g/mol. The molecule has 11 nitrogen and oxygen atoms in total. The van der Waals surface area contributed by atoms with Crippen molar-refractivity contribution in [1.82, 2.24) is 25.0 Å². The van der Waals surface area contributed by atoms with Crippen molar-refractivity contribution in [2.75, 3.05) is 12.4 Å². The summed E-state index contributed by atoms with van der Waals surface area (Å²) in [6.45, 7) is 5.01. The third kappa shape index (κ3) is 4.52. The van der Waals surface area contributed by atoms with E-state index in [-0.39, 0.29) is 18.1 Å². The van der Waals surface area contributed by atoms with E-state index in [4.69, 9.17) is 13.6 Å². The predicted molar refractivity (Wildman–Crippen MR) is 112 cm³/mol. The Morgan fingerprint density at radius 2 is 2.12 bits per heavy atom. The first-order chi connectivity index (χ1) is 15.2. The molecule has 0 atom stereocenters. The second-order valence-electron chi connectivity index (χ2n) is 7.54. The van der Waals surface area contributed by atoms with Crippen LogP contribution in [0.2, 0.25) is 0 Å². The Hall–Kier alpha value is -3.99. The SMILES string of the molecule is COc1cccc(-c2oc(C)nc2C(=O)Nc2cnn(Cc3nc(C(C)(C)O)co3)n2)c1. The van der Waals surface area contributed by atoms with E-state index in [1.54, 1.807) is 52.1 Å². The van der Waals surface area contributed by atoms with Gasteiger partial charge in [0.05, 0.1) is 13.3 Å². The zero-order chi connectivity index (χ0) is 22.9. The minimum Gasteiger partial charge on any atom is -0.497 e. The van der Waals surface area contributed by atoms with Gasteiger partial charge in [-0.05, 0) is 26.0 Å². The lowest BCUT2D eigenvalue weighted by molar-refractivity contribution is 0.0737. The van der Waals surface area contributed by atoms with Crippen LogP contribution in [0.4, 0.5) is 5.82 Å². The Balaban J connectivity index is 1.50. The number of carbonyl (C=O) groups excluding carboxylic acids is 1. The molecule has 11 heteroatoms. The fourth-order valence-corrected chi connectivity index (χ4v) is 2.93. The number of hydrogen-bond acceptors (Lipinski definition) is 9. The third-order valence-corrected chi connectivity index (χ3v) is 4.51. The molecule has 3 aromatic heterocycles. The molecule has 2 N–H and O–H groups in total. The number of ether oxygens (including phenoxy) is 1. The van der Waals surface area contributed by atoms with E-state index in [1.807, 2.05) is 0 Å². The number of nitrogens with one attached hydrogen (secondary N) is 1. The number of aryl methyl sites for hydroxylation is 1. The lowest BCUT2D eigenvalue weighted by Gasteiger charge is -2.11. The van der Waals surface area contributed by atoms with Crippen LogP contribution in [0.15, 0.2) is 45.6 Å². The van der Waals surface area contributed by atoms with E-state index < -0.39 is 11.5 Å². The predicted octanol–water partition coefficient (Wildman–Crippen LogP) is 2.77. The van der Waals surface area contributed by atoms with Crippen LogP contribution < -0.4 is 10.1 Å². The smallest absolute Gasteiger partial charge is 0.279 e. The van der Waals surface area contributed by atoms with Crippen LogP contribution in [0.1, 0.15) is 41.8 Å². The minimum absolute atomic E-state index is 0.118. The number of amides is 1. The molecule has 4 rings (SSSR count). The summed E-state index contributed by atoms with van der Waals surface area (Å²) in [6.07, 6.45) is 2.78. The van der Waals surface area contributed by atoms with Crippen molar-refractivity contribution in [3.63, 3.8) is 0 Å². The van der Waals surface area contributed by atoms with Crippen LogP contribution in [-0.4, -0.2) is 43.1 Å². The Kier molecular flexibility index (Phi) is 5.49. The molecule has 1 aromatic carbocycles. The van der Waals surface area contributed by atoms with Crippen LogP contribution in [0.5, 0.6) is 5.75 Å². The summed E-state index contributed by atoms with van der Waals surface area (Å²) in [5.41, 5.74) is 0.0620. The lowest BCUT2D eigenvalue weighted by Crippen LogP contribution is -2.16. The number of carbonyl (C=O) groups is 1. The van der Waals surface area contributed by atoms with Crippen LogP contribution >= 0.6 is 0 Å². The second kappa shape index (κ2) is 8.27. The maximum Gasteiger partial charge on any atom is 0.279 e. The fraction of sp³-hybridized carbons (Fsp3) is 0.286. The number of oxazole rings is 2. The van der Waals surface area contributed by atoms with Gasteiger partial charge in [-0.25, -0.2) is 9.97 Å². The monoisotopic (exact) mass is 438 g/mol. The van der Waals surface area contributed by atoms with Crippen LogP contribution in [0.25, 0.3) is 11.3 Å². The Labute approximate surface area is 183 Å². The van der Waals surface area contributed by atoms with E-state index in [0.29, 0.717) is 34.5 Å². The van der Waals surface area contributed by atoms with Gasteiger partial charge in [-0.3, -0.25) is 4.79 Å². The highest BCUT2D eigenvalue weighted by atomic mass is 16.5. The van der Waals surface area contributed by atoms with E-state index in [2.05, 4.69) is 25.5 Å². The largest absolute Gasteiger partial charge is 0.497 e. The summed E-state index contributed by atoms with van der Waals surface area (Å²) < 4.78 is 16.3. The summed E-state index contributed by atoms with van der Waals surface area (Å²) in [7, 11) is 1.56. The molecular formula is C21H22N6O5. The summed E-state index contributed by atoms with van der Waals surface area (Å²) in [5, 5.41) is 21.0. The normalized spacial score (nSPS) is 11.5. The van der Waals surface area contributed by atoms with Crippen molar-refractivity contribution in [1.29, 1.82) is 0 Å². The zero-order valence-electron chi connectivity index (χ0n) is 18.0. The summed E-state index contributed by atoms with van der Waals surface area (Å²) in [6, 6.07) is 7.15. The number of rotatable bonds is 7. The number of methoxy groups -OCH3 is 1. The fourth-order valence-electron chi connectivity index (χ4n) is 2.93. The molecule has 0 spiro atoms. The van der Waals surface area contributed by atoms with Crippen molar-refractivity contribution < 1.29 is 23.5 Å². The van der Waals surface area contributed by atoms with E-state index >= 15 is 0 Å². The number of aromatic nitrogens is 5. The lowest BCUT2D eigenvalue weighted by atomic mass is 10.1. The molecule has 0 fully saturated rings. The van der Waals surface area contributed by atoms with Gasteiger partial charge >= 0.3 is 0 Å². The molecule has 0 saturated heterocycles. The third-order valence-electron chi connectivity index (χ3n) is 4.51. The molecule has 0 bridgehead atoms. The average molecular weight is 438 g/mol. The van der Waals surface area contributed by atoms with Gasteiger partial charge in [-0.15, -0.1) is 5.10 Å². The molecule has 32 heavy (non-hydrogen) atoms. The van der Waals surface area contributed by atoms with Crippen molar-refractivity contribution >= 4 is 11.7 Å². The summed E-state index contributed by atoms with van der Waals surface area (Å²) in [5.74, 6) is 1.36. The number of anilines is 1. The van der Waals surface area contributed by atoms with Gasteiger partial charge in [-0.1, -0.05) is 12.1 Å². The Bertz CT molecular complexity index is 1250. The molecule has 4 aromatic rings. The first kappa shape index (κ1) is 21.2. The molecule has 0 aliphatic heterocycles. The quantitative estimate of drug-likeness (QED) is 0.445. The number of benzene rings is 1. The first-order valence-electron chi connectivity index (χ1n) is 9.73. The molecule has 1 amide bonds. The van der Waals surface area contributed by atoms with Crippen molar-refractivity contribution in [3.05, 3.63) is 59.9 Å². The topological polar surface area (TPSA) is 141 Å². The van der Waals surface area contributed by atoms with Crippen LogP contribution in [-0.2, 0) is 12.1 Å². The van der Waals surface area contributed by atoms with Gasteiger partial charge in [0.1, 0.15) is 29.9 Å². The van der Waals surface area contributed by atoms with Gasteiger partial charge in [0.15, 0.2) is 23.2 Å². The zero-order valence-corrected chi connectivity index (χ0v) is 18.0. The number of aliphatic hydroxyl groups is 1. The van der Waals surface area contributed by atoms with Crippen molar-refractivity contribution in [2.45, 2.75) is 32.9 Å². The van der Waals surface area contributed by atoms with Gasteiger partial charge in [0.2, 0.25) is 5.89 Å². The van der Waals surface area contributed by atoms with Crippen LogP contribution in [0.3, 0.4) is 0 Å². The standard InChI is InChI=1S/C21H22N6O5/c1-12-23-18(19(32-12)13-6-5-7-14(8-13)30-4)20(28)25-16-9-22-27(26-16)10-17-24-15(11-31-17)21(2,3)29/h5-9,11,29H,10H2,1-4H3,(H,25,26,28). The highest BCUT2D eigenvalue weighted by molar-refractivity contribution is 6.06.